The number of carbonyl (C=O) groups is 2. The van der Waals surface area contributed by atoms with E-state index < -0.39 is 67.4 Å². The van der Waals surface area contributed by atoms with Crippen LogP contribution in [0.15, 0.2) is 122 Å². The van der Waals surface area contributed by atoms with Gasteiger partial charge in [0.25, 0.3) is 0 Å². The quantitative estimate of drug-likeness (QED) is 0.0195. The molecule has 0 aromatic rings. The number of unbranched alkanes of at least 4 members (excludes halogenated alkanes) is 25. The van der Waals surface area contributed by atoms with Crippen molar-refractivity contribution in [2.24, 2.45) is 0 Å². The summed E-state index contributed by atoms with van der Waals surface area (Å²) in [4.78, 5) is 26.7. The minimum atomic E-state index is -1.63. The SMILES string of the molecule is CC/C=C\C/C=C\C/C=C\C/C=C\C/C=C\C/C=C\CCCCCC(O)C(=O)NC(COC1OC(CO)C(O)C(O)C1OC(=O)CCCCCCCCCC/C=C\C/C=C\C/C=C\CCCCC)C(O)/C=C/CCCCCCCCCCCCC. The van der Waals surface area contributed by atoms with Crippen molar-refractivity contribution in [3.8, 4) is 0 Å². The van der Waals surface area contributed by atoms with Gasteiger partial charge in [-0.25, -0.2) is 0 Å². The first-order valence-electron chi connectivity index (χ1n) is 34.3. The third-order valence-corrected chi connectivity index (χ3v) is 15.3. The lowest BCUT2D eigenvalue weighted by Gasteiger charge is -2.41. The summed E-state index contributed by atoms with van der Waals surface area (Å²) in [7, 11) is 0. The van der Waals surface area contributed by atoms with E-state index in [0.29, 0.717) is 12.8 Å². The Morgan fingerprint density at radius 2 is 0.847 bits per heavy atom. The highest BCUT2D eigenvalue weighted by atomic mass is 16.7. The molecule has 8 unspecified atom stereocenters. The number of hydrogen-bond acceptors (Lipinski definition) is 10. The molecular weight excluding hydrogens is 1060 g/mol. The molecule has 1 heterocycles. The highest BCUT2D eigenvalue weighted by Crippen LogP contribution is 2.26. The van der Waals surface area contributed by atoms with Gasteiger partial charge in [-0.3, -0.25) is 9.59 Å². The number of rotatable bonds is 57. The van der Waals surface area contributed by atoms with Crippen molar-refractivity contribution in [3.63, 3.8) is 0 Å². The van der Waals surface area contributed by atoms with Gasteiger partial charge < -0.3 is 45.1 Å². The van der Waals surface area contributed by atoms with Gasteiger partial charge in [-0.1, -0.05) is 271 Å². The molecule has 1 aliphatic heterocycles. The standard InChI is InChI=1S/C74H125NO10/c1-4-7-10-13-16-19-22-25-27-29-31-33-35-36-38-40-43-46-49-52-55-58-61-67(78)73(82)75-65(66(77)60-57-54-51-48-45-42-24-21-18-15-12-9-6-3)64-83-74-72(71(81)70(80)68(63-76)84-74)85-69(79)62-59-56-53-50-47-44-41-39-37-34-32-30-28-26-23-20-17-14-11-8-5-2/h7,10,16-17,19-20,25-28,31-34,36,38,43,46,57,60,65-68,70-72,74,76-78,80-81H,4-6,8-9,11-15,18,21-24,29-30,35,37,39-42,44-45,47-56,58-59,61-64H2,1-3H3,(H,75,82)/b10-7-,19-16-,20-17-,27-25-,28-26-,33-31-,34-32-,38-36-,46-43-,60-57+. The lowest BCUT2D eigenvalue weighted by Crippen LogP contribution is -2.61. The Morgan fingerprint density at radius 3 is 1.29 bits per heavy atom. The first-order chi connectivity index (χ1) is 41.7. The van der Waals surface area contributed by atoms with Crippen LogP contribution in [0.25, 0.3) is 0 Å². The van der Waals surface area contributed by atoms with E-state index in [9.17, 15) is 35.1 Å². The molecule has 0 radical (unpaired) electrons. The smallest absolute Gasteiger partial charge is 0.306 e. The maximum Gasteiger partial charge on any atom is 0.306 e. The van der Waals surface area contributed by atoms with Crippen LogP contribution in [-0.2, 0) is 23.8 Å². The molecule has 0 aliphatic carbocycles. The van der Waals surface area contributed by atoms with Crippen molar-refractivity contribution in [3.05, 3.63) is 122 Å². The van der Waals surface area contributed by atoms with E-state index >= 15 is 0 Å². The summed E-state index contributed by atoms with van der Waals surface area (Å²) in [6, 6.07) is -1.05. The number of carbonyl (C=O) groups excluding carboxylic acids is 2. The molecular formula is C74H125NO10. The van der Waals surface area contributed by atoms with Crippen molar-refractivity contribution in [1.29, 1.82) is 0 Å². The fourth-order valence-electron chi connectivity index (χ4n) is 9.96. The third-order valence-electron chi connectivity index (χ3n) is 15.3. The van der Waals surface area contributed by atoms with Gasteiger partial charge in [0.05, 0.1) is 25.4 Å². The van der Waals surface area contributed by atoms with E-state index in [-0.39, 0.29) is 19.4 Å². The Bertz CT molecular complexity index is 1850. The van der Waals surface area contributed by atoms with Crippen LogP contribution in [-0.4, -0.2) is 99.6 Å². The zero-order valence-corrected chi connectivity index (χ0v) is 53.9. The number of amides is 1. The van der Waals surface area contributed by atoms with Gasteiger partial charge in [0.15, 0.2) is 12.4 Å². The van der Waals surface area contributed by atoms with Crippen molar-refractivity contribution >= 4 is 11.9 Å². The minimum Gasteiger partial charge on any atom is -0.454 e. The average Bonchev–Trinajstić information content (AvgIpc) is 3.19. The van der Waals surface area contributed by atoms with Gasteiger partial charge in [0.1, 0.15) is 24.4 Å². The molecule has 0 bridgehead atoms. The van der Waals surface area contributed by atoms with Crippen LogP contribution >= 0.6 is 0 Å². The molecule has 1 fully saturated rings. The Balaban J connectivity index is 2.67. The van der Waals surface area contributed by atoms with Crippen molar-refractivity contribution in [2.45, 2.75) is 320 Å². The first-order valence-corrected chi connectivity index (χ1v) is 34.3. The maximum absolute atomic E-state index is 13.5. The Labute approximate surface area is 519 Å². The van der Waals surface area contributed by atoms with Gasteiger partial charge in [-0.15, -0.1) is 0 Å². The van der Waals surface area contributed by atoms with Crippen molar-refractivity contribution in [2.75, 3.05) is 13.2 Å². The Hall–Kier alpha value is -3.94. The summed E-state index contributed by atoms with van der Waals surface area (Å²) in [6.45, 7) is 5.64. The molecule has 11 heteroatoms. The second-order valence-electron chi connectivity index (χ2n) is 23.2. The molecule has 8 atom stereocenters. The van der Waals surface area contributed by atoms with Gasteiger partial charge >= 0.3 is 5.97 Å². The van der Waals surface area contributed by atoms with E-state index in [1.54, 1.807) is 6.08 Å². The molecule has 1 aliphatic rings. The molecule has 1 amide bonds. The molecule has 1 saturated heterocycles. The number of allylic oxidation sites excluding steroid dienone is 19. The number of hydrogen-bond donors (Lipinski definition) is 6. The Morgan fingerprint density at radius 1 is 0.471 bits per heavy atom. The van der Waals surface area contributed by atoms with Crippen LogP contribution < -0.4 is 5.32 Å². The molecule has 6 N–H and O–H groups in total. The van der Waals surface area contributed by atoms with Gasteiger partial charge in [0.2, 0.25) is 5.91 Å². The zero-order valence-electron chi connectivity index (χ0n) is 53.9. The van der Waals surface area contributed by atoms with E-state index in [1.165, 1.54) is 96.3 Å². The van der Waals surface area contributed by atoms with Crippen LogP contribution in [0.5, 0.6) is 0 Å². The van der Waals surface area contributed by atoms with E-state index in [0.717, 1.165) is 128 Å². The zero-order chi connectivity index (χ0) is 61.7. The molecule has 0 aromatic heterocycles. The van der Waals surface area contributed by atoms with Crippen LogP contribution in [0.2, 0.25) is 0 Å². The second-order valence-corrected chi connectivity index (χ2v) is 23.2. The monoisotopic (exact) mass is 1190 g/mol. The molecule has 0 saturated carbocycles. The average molecular weight is 1190 g/mol. The lowest BCUT2D eigenvalue weighted by atomic mass is 9.99. The van der Waals surface area contributed by atoms with Gasteiger partial charge in [-0.2, -0.15) is 0 Å². The van der Waals surface area contributed by atoms with Crippen molar-refractivity contribution < 1.29 is 49.3 Å². The minimum absolute atomic E-state index is 0.106. The summed E-state index contributed by atoms with van der Waals surface area (Å²) in [5.41, 5.74) is 0. The van der Waals surface area contributed by atoms with E-state index in [4.69, 9.17) is 14.2 Å². The summed E-state index contributed by atoms with van der Waals surface area (Å²) < 4.78 is 17.7. The van der Waals surface area contributed by atoms with Crippen molar-refractivity contribution in [1.82, 2.24) is 5.32 Å². The van der Waals surface area contributed by atoms with Crippen LogP contribution in [0.1, 0.15) is 271 Å². The predicted molar refractivity (Wildman–Crippen MR) is 356 cm³/mol. The van der Waals surface area contributed by atoms with Crippen LogP contribution in [0, 0.1) is 0 Å². The molecule has 486 valence electrons. The normalized spacial score (nSPS) is 19.2. The molecule has 1 rings (SSSR count). The topological polar surface area (TPSA) is 175 Å². The predicted octanol–water partition coefficient (Wildman–Crippen LogP) is 17.4. The fraction of sp³-hybridized carbons (Fsp3) is 0.703. The van der Waals surface area contributed by atoms with Gasteiger partial charge in [0, 0.05) is 6.42 Å². The molecule has 85 heavy (non-hydrogen) atoms. The number of aliphatic hydroxyl groups excluding tert-OH is 5. The van der Waals surface area contributed by atoms with Crippen LogP contribution in [0.3, 0.4) is 0 Å². The fourth-order valence-corrected chi connectivity index (χ4v) is 9.96. The lowest BCUT2D eigenvalue weighted by molar-refractivity contribution is -0.305. The second kappa shape index (κ2) is 60.3. The molecule has 11 nitrogen and oxygen atoms in total. The highest BCUT2D eigenvalue weighted by molar-refractivity contribution is 5.80. The van der Waals surface area contributed by atoms with Gasteiger partial charge in [-0.05, 0) is 116 Å². The molecule has 0 spiro atoms. The van der Waals surface area contributed by atoms with Crippen LogP contribution in [0.4, 0.5) is 0 Å². The largest absolute Gasteiger partial charge is 0.454 e. The molecule has 0 aromatic carbocycles. The number of ether oxygens (including phenoxy) is 3. The summed E-state index contributed by atoms with van der Waals surface area (Å²) in [5.74, 6) is -1.23. The summed E-state index contributed by atoms with van der Waals surface area (Å²) in [5, 5.41) is 57.2. The number of aliphatic hydroxyl groups is 5. The maximum atomic E-state index is 13.5. The number of esters is 1. The van der Waals surface area contributed by atoms with E-state index in [2.05, 4.69) is 135 Å². The third kappa shape index (κ3) is 47.8. The van der Waals surface area contributed by atoms with E-state index in [1.807, 2.05) is 6.08 Å². The highest BCUT2D eigenvalue weighted by Gasteiger charge is 2.47. The first kappa shape index (κ1) is 79.1. The Kier molecular flexibility index (Phi) is 56.1. The number of nitrogens with one attached hydrogen (secondary N) is 1. The summed E-state index contributed by atoms with van der Waals surface area (Å²) in [6.07, 6.45) is 73.6. The summed E-state index contributed by atoms with van der Waals surface area (Å²) >= 11 is 0.